The van der Waals surface area contributed by atoms with Gasteiger partial charge in [-0.25, -0.2) is 4.98 Å². The Hall–Kier alpha value is -1.28. The summed E-state index contributed by atoms with van der Waals surface area (Å²) in [5, 5.41) is 0.792. The third-order valence-electron chi connectivity index (χ3n) is 2.89. The number of imidazole rings is 1. The molecule has 1 heterocycles. The fourth-order valence-electron chi connectivity index (χ4n) is 1.83. The third kappa shape index (κ3) is 2.12. The number of aromatic nitrogens is 2. The van der Waals surface area contributed by atoms with E-state index in [-0.39, 0.29) is 0 Å². The summed E-state index contributed by atoms with van der Waals surface area (Å²) in [7, 11) is 0. The minimum absolute atomic E-state index is 0.792. The Morgan fingerprint density at radius 1 is 1.25 bits per heavy atom. The molecule has 0 atom stereocenters. The maximum atomic E-state index is 5.94. The van der Waals surface area contributed by atoms with E-state index in [4.69, 9.17) is 11.6 Å². The van der Waals surface area contributed by atoms with Crippen LogP contribution in [0.4, 0.5) is 0 Å². The summed E-state index contributed by atoms with van der Waals surface area (Å²) in [5.74, 6) is 1.05. The second-order valence-corrected chi connectivity index (χ2v) is 4.54. The minimum Gasteiger partial charge on any atom is -0.328 e. The molecule has 84 valence electrons. The van der Waals surface area contributed by atoms with Crippen LogP contribution >= 0.6 is 11.6 Å². The van der Waals surface area contributed by atoms with Gasteiger partial charge in [0.25, 0.3) is 0 Å². The van der Waals surface area contributed by atoms with Crippen molar-refractivity contribution in [2.75, 3.05) is 0 Å². The number of benzene rings is 1. The van der Waals surface area contributed by atoms with Crippen molar-refractivity contribution in [1.29, 1.82) is 0 Å². The molecule has 0 bridgehead atoms. The molecule has 0 saturated heterocycles. The number of hydrogen-bond donors (Lipinski definition) is 0. The van der Waals surface area contributed by atoms with E-state index in [2.05, 4.69) is 29.5 Å². The highest BCUT2D eigenvalue weighted by Crippen LogP contribution is 2.17. The zero-order valence-electron chi connectivity index (χ0n) is 9.79. The first-order chi connectivity index (χ1) is 7.58. The maximum Gasteiger partial charge on any atom is 0.106 e. The summed E-state index contributed by atoms with van der Waals surface area (Å²) in [6.07, 6.45) is 1.90. The van der Waals surface area contributed by atoms with E-state index in [9.17, 15) is 0 Å². The Kier molecular flexibility index (Phi) is 3.01. The van der Waals surface area contributed by atoms with Gasteiger partial charge in [-0.1, -0.05) is 17.7 Å². The number of hydrogen-bond acceptors (Lipinski definition) is 1. The number of halogens is 1. The molecule has 1 aromatic carbocycles. The topological polar surface area (TPSA) is 17.8 Å². The van der Waals surface area contributed by atoms with Crippen LogP contribution in [0.5, 0.6) is 0 Å². The second kappa shape index (κ2) is 4.30. The smallest absolute Gasteiger partial charge is 0.106 e. The summed E-state index contributed by atoms with van der Waals surface area (Å²) < 4.78 is 2.20. The van der Waals surface area contributed by atoms with E-state index >= 15 is 0 Å². The second-order valence-electron chi connectivity index (χ2n) is 4.10. The first kappa shape index (κ1) is 11.2. The largest absolute Gasteiger partial charge is 0.328 e. The van der Waals surface area contributed by atoms with Gasteiger partial charge in [0.15, 0.2) is 0 Å². The monoisotopic (exact) mass is 234 g/mol. The van der Waals surface area contributed by atoms with Crippen molar-refractivity contribution in [3.8, 4) is 0 Å². The van der Waals surface area contributed by atoms with E-state index in [0.29, 0.717) is 0 Å². The number of rotatable bonds is 2. The molecule has 2 aromatic rings. The van der Waals surface area contributed by atoms with Crippen molar-refractivity contribution in [3.63, 3.8) is 0 Å². The van der Waals surface area contributed by atoms with Gasteiger partial charge in [0.1, 0.15) is 5.82 Å². The summed E-state index contributed by atoms with van der Waals surface area (Å²) in [4.78, 5) is 4.30. The average molecular weight is 235 g/mol. The lowest BCUT2D eigenvalue weighted by Crippen LogP contribution is -2.05. The van der Waals surface area contributed by atoms with Crippen LogP contribution in [0.3, 0.4) is 0 Å². The lowest BCUT2D eigenvalue weighted by molar-refractivity contribution is 0.735. The Morgan fingerprint density at radius 2 is 2.00 bits per heavy atom. The van der Waals surface area contributed by atoms with Gasteiger partial charge in [-0.2, -0.15) is 0 Å². The minimum atomic E-state index is 0.792. The van der Waals surface area contributed by atoms with Crippen LogP contribution in [0.1, 0.15) is 22.6 Å². The Bertz CT molecular complexity index is 495. The summed E-state index contributed by atoms with van der Waals surface area (Å²) in [5.41, 5.74) is 3.69. The van der Waals surface area contributed by atoms with E-state index in [1.807, 2.05) is 25.3 Å². The molecule has 2 nitrogen and oxygen atoms in total. The highest BCUT2D eigenvalue weighted by Gasteiger charge is 2.05. The summed E-state index contributed by atoms with van der Waals surface area (Å²) in [6, 6.07) is 6.01. The van der Waals surface area contributed by atoms with Crippen LogP contribution in [0.2, 0.25) is 5.02 Å². The standard InChI is InChI=1S/C13H15ClN2/c1-9-6-13(14)5-4-12(9)8-16-10(2)7-15-11(16)3/h4-7H,8H2,1-3H3. The average Bonchev–Trinajstić information content (AvgIpc) is 2.53. The van der Waals surface area contributed by atoms with Gasteiger partial charge < -0.3 is 4.57 Å². The van der Waals surface area contributed by atoms with Crippen molar-refractivity contribution in [3.05, 3.63) is 52.1 Å². The molecule has 1 aromatic heterocycles. The predicted octanol–water partition coefficient (Wildman–Crippen LogP) is 3.51. The van der Waals surface area contributed by atoms with Crippen LogP contribution in [0.15, 0.2) is 24.4 Å². The predicted molar refractivity (Wildman–Crippen MR) is 67.0 cm³/mol. The summed E-state index contributed by atoms with van der Waals surface area (Å²) >= 11 is 5.94. The number of nitrogens with zero attached hydrogens (tertiary/aromatic N) is 2. The van der Waals surface area contributed by atoms with Gasteiger partial charge >= 0.3 is 0 Å². The molecule has 0 saturated carbocycles. The molecule has 3 heteroatoms. The highest BCUT2D eigenvalue weighted by atomic mass is 35.5. The Balaban J connectivity index is 2.34. The third-order valence-corrected chi connectivity index (χ3v) is 3.12. The van der Waals surface area contributed by atoms with Gasteiger partial charge in [-0.05, 0) is 44.0 Å². The summed E-state index contributed by atoms with van der Waals surface area (Å²) in [6.45, 7) is 7.05. The van der Waals surface area contributed by atoms with Crippen molar-refractivity contribution < 1.29 is 0 Å². The molecular weight excluding hydrogens is 220 g/mol. The van der Waals surface area contributed by atoms with Crippen molar-refractivity contribution in [2.24, 2.45) is 0 Å². The van der Waals surface area contributed by atoms with E-state index < -0.39 is 0 Å². The first-order valence-corrected chi connectivity index (χ1v) is 5.69. The number of aryl methyl sites for hydroxylation is 3. The first-order valence-electron chi connectivity index (χ1n) is 5.31. The molecule has 0 aliphatic rings. The molecular formula is C13H15ClN2. The van der Waals surface area contributed by atoms with Crippen molar-refractivity contribution in [1.82, 2.24) is 9.55 Å². The Labute approximate surface area is 101 Å². The van der Waals surface area contributed by atoms with Gasteiger partial charge in [-0.15, -0.1) is 0 Å². The molecule has 2 rings (SSSR count). The molecule has 0 unspecified atom stereocenters. The molecule has 0 spiro atoms. The highest BCUT2D eigenvalue weighted by molar-refractivity contribution is 6.30. The Morgan fingerprint density at radius 3 is 2.56 bits per heavy atom. The van der Waals surface area contributed by atoms with Crippen LogP contribution in [0, 0.1) is 20.8 Å². The molecule has 0 radical (unpaired) electrons. The van der Waals surface area contributed by atoms with Crippen LogP contribution in [-0.2, 0) is 6.54 Å². The fraction of sp³-hybridized carbons (Fsp3) is 0.308. The van der Waals surface area contributed by atoms with Crippen LogP contribution in [0.25, 0.3) is 0 Å². The lowest BCUT2D eigenvalue weighted by Gasteiger charge is -2.10. The van der Waals surface area contributed by atoms with E-state index in [1.54, 1.807) is 0 Å². The zero-order chi connectivity index (χ0) is 11.7. The van der Waals surface area contributed by atoms with E-state index in [1.165, 1.54) is 16.8 Å². The van der Waals surface area contributed by atoms with E-state index in [0.717, 1.165) is 17.4 Å². The molecule has 0 aliphatic heterocycles. The molecule has 0 fully saturated rings. The molecule has 0 N–H and O–H groups in total. The van der Waals surface area contributed by atoms with Crippen molar-refractivity contribution >= 4 is 11.6 Å². The lowest BCUT2D eigenvalue weighted by atomic mass is 10.1. The fourth-order valence-corrected chi connectivity index (χ4v) is 2.05. The quantitative estimate of drug-likeness (QED) is 0.778. The van der Waals surface area contributed by atoms with Gasteiger partial charge in [0.05, 0.1) is 0 Å². The van der Waals surface area contributed by atoms with Gasteiger partial charge in [0.2, 0.25) is 0 Å². The maximum absolute atomic E-state index is 5.94. The molecule has 0 aliphatic carbocycles. The molecule has 0 amide bonds. The van der Waals surface area contributed by atoms with Crippen LogP contribution < -0.4 is 0 Å². The van der Waals surface area contributed by atoms with Crippen LogP contribution in [-0.4, -0.2) is 9.55 Å². The van der Waals surface area contributed by atoms with Gasteiger partial charge in [-0.3, -0.25) is 0 Å². The zero-order valence-corrected chi connectivity index (χ0v) is 10.5. The van der Waals surface area contributed by atoms with Crippen molar-refractivity contribution in [2.45, 2.75) is 27.3 Å². The molecule has 16 heavy (non-hydrogen) atoms. The SMILES string of the molecule is Cc1cc(Cl)ccc1Cn1c(C)cnc1C. The van der Waals surface area contributed by atoms with Gasteiger partial charge in [0, 0.05) is 23.5 Å². The normalized spacial score (nSPS) is 10.8.